The molecule has 7 heteroatoms. The molecule has 0 bridgehead atoms. The fourth-order valence-electron chi connectivity index (χ4n) is 1.81. The van der Waals surface area contributed by atoms with E-state index in [-0.39, 0.29) is 0 Å². The standard InChI is InChI=1S/C13H18N4O2S/c1-10-13(14-8-5-9-15-20(2,18)19)17-12-7-4-3-6-11(12)16-10/h3-4,6-7,15H,5,8-9H2,1-2H3,(H,14,17). The number of rotatable bonds is 6. The first-order valence-electron chi connectivity index (χ1n) is 6.37. The minimum atomic E-state index is -3.11. The van der Waals surface area contributed by atoms with Crippen LogP contribution in [0.4, 0.5) is 5.82 Å². The van der Waals surface area contributed by atoms with E-state index in [1.807, 2.05) is 31.2 Å². The van der Waals surface area contributed by atoms with E-state index in [0.29, 0.717) is 19.5 Å². The number of hydrogen-bond donors (Lipinski definition) is 2. The van der Waals surface area contributed by atoms with Crippen molar-refractivity contribution in [1.82, 2.24) is 14.7 Å². The Kier molecular flexibility index (Phi) is 4.51. The van der Waals surface area contributed by atoms with Crippen LogP contribution in [0.15, 0.2) is 24.3 Å². The number of aromatic nitrogens is 2. The number of sulfonamides is 1. The molecule has 0 radical (unpaired) electrons. The average Bonchev–Trinajstić information content (AvgIpc) is 2.37. The zero-order valence-corrected chi connectivity index (χ0v) is 12.4. The first kappa shape index (κ1) is 14.7. The molecule has 0 amide bonds. The summed E-state index contributed by atoms with van der Waals surface area (Å²) in [4.78, 5) is 8.99. The summed E-state index contributed by atoms with van der Waals surface area (Å²) in [6, 6.07) is 7.69. The van der Waals surface area contributed by atoms with Gasteiger partial charge in [-0.3, -0.25) is 0 Å². The number of hydrogen-bond acceptors (Lipinski definition) is 5. The summed E-state index contributed by atoms with van der Waals surface area (Å²) >= 11 is 0. The zero-order valence-electron chi connectivity index (χ0n) is 11.5. The van der Waals surface area contributed by atoms with Crippen LogP contribution in [0.2, 0.25) is 0 Å². The van der Waals surface area contributed by atoms with Gasteiger partial charge in [-0.1, -0.05) is 12.1 Å². The van der Waals surface area contributed by atoms with Crippen LogP contribution in [0.3, 0.4) is 0 Å². The molecule has 2 rings (SSSR count). The zero-order chi connectivity index (χ0) is 14.6. The molecule has 1 aromatic carbocycles. The molecule has 1 heterocycles. The normalized spacial score (nSPS) is 11.7. The Labute approximate surface area is 118 Å². The van der Waals surface area contributed by atoms with E-state index < -0.39 is 10.0 Å². The Morgan fingerprint density at radius 1 is 1.10 bits per heavy atom. The molecule has 0 spiro atoms. The van der Waals surface area contributed by atoms with Crippen molar-refractivity contribution >= 4 is 26.9 Å². The Morgan fingerprint density at radius 3 is 2.40 bits per heavy atom. The number of fused-ring (bicyclic) bond motifs is 1. The molecular formula is C13H18N4O2S. The Bertz CT molecular complexity index is 701. The smallest absolute Gasteiger partial charge is 0.208 e. The molecule has 0 unspecified atom stereocenters. The highest BCUT2D eigenvalue weighted by Gasteiger charge is 2.04. The second kappa shape index (κ2) is 6.15. The molecule has 6 nitrogen and oxygen atoms in total. The third-order valence-electron chi connectivity index (χ3n) is 2.76. The lowest BCUT2D eigenvalue weighted by molar-refractivity contribution is 0.586. The molecule has 0 atom stereocenters. The van der Waals surface area contributed by atoms with Crippen LogP contribution in [0.5, 0.6) is 0 Å². The van der Waals surface area contributed by atoms with Crippen LogP contribution in [-0.2, 0) is 10.0 Å². The number of para-hydroxylation sites is 2. The van der Waals surface area contributed by atoms with E-state index >= 15 is 0 Å². The van der Waals surface area contributed by atoms with Gasteiger partial charge in [0.05, 0.1) is 23.0 Å². The summed E-state index contributed by atoms with van der Waals surface area (Å²) in [6.07, 6.45) is 1.83. The second-order valence-corrected chi connectivity index (χ2v) is 6.43. The number of anilines is 1. The van der Waals surface area contributed by atoms with E-state index in [4.69, 9.17) is 0 Å². The lowest BCUT2D eigenvalue weighted by Gasteiger charge is -2.09. The molecule has 0 aliphatic carbocycles. The molecule has 1 aromatic heterocycles. The van der Waals surface area contributed by atoms with Gasteiger partial charge in [0, 0.05) is 13.1 Å². The van der Waals surface area contributed by atoms with Gasteiger partial charge in [-0.2, -0.15) is 0 Å². The third kappa shape index (κ3) is 4.14. The molecular weight excluding hydrogens is 276 g/mol. The van der Waals surface area contributed by atoms with Crippen LogP contribution in [0.25, 0.3) is 11.0 Å². The number of nitrogens with zero attached hydrogens (tertiary/aromatic N) is 2. The topological polar surface area (TPSA) is 84.0 Å². The molecule has 0 fully saturated rings. The molecule has 2 N–H and O–H groups in total. The van der Waals surface area contributed by atoms with Gasteiger partial charge in [-0.15, -0.1) is 0 Å². The minimum absolute atomic E-state index is 0.409. The molecule has 0 aliphatic rings. The van der Waals surface area contributed by atoms with E-state index in [9.17, 15) is 8.42 Å². The van der Waals surface area contributed by atoms with E-state index in [1.165, 1.54) is 0 Å². The SMILES string of the molecule is Cc1nc2ccccc2nc1NCCCNS(C)(=O)=O. The fraction of sp³-hybridized carbons (Fsp3) is 0.385. The quantitative estimate of drug-likeness (QED) is 0.784. The van der Waals surface area contributed by atoms with Gasteiger partial charge in [0.2, 0.25) is 10.0 Å². The largest absolute Gasteiger partial charge is 0.369 e. The highest BCUT2D eigenvalue weighted by atomic mass is 32.2. The van der Waals surface area contributed by atoms with Crippen molar-refractivity contribution in [2.24, 2.45) is 0 Å². The molecule has 2 aromatic rings. The summed E-state index contributed by atoms with van der Waals surface area (Å²) < 4.78 is 24.3. The first-order chi connectivity index (χ1) is 9.46. The maximum atomic E-state index is 10.9. The average molecular weight is 294 g/mol. The lowest BCUT2D eigenvalue weighted by atomic mass is 10.3. The van der Waals surface area contributed by atoms with Crippen molar-refractivity contribution in [2.75, 3.05) is 24.7 Å². The predicted molar refractivity (Wildman–Crippen MR) is 80.2 cm³/mol. The third-order valence-corrected chi connectivity index (χ3v) is 3.48. The summed E-state index contributed by atoms with van der Waals surface area (Å²) in [5.74, 6) is 0.739. The Hall–Kier alpha value is -1.73. The van der Waals surface area contributed by atoms with Crippen LogP contribution in [-0.4, -0.2) is 37.7 Å². The monoisotopic (exact) mass is 294 g/mol. The fourth-order valence-corrected chi connectivity index (χ4v) is 2.32. The predicted octanol–water partition coefficient (Wildman–Crippen LogP) is 1.29. The molecule has 108 valence electrons. The lowest BCUT2D eigenvalue weighted by Crippen LogP contribution is -2.24. The number of benzene rings is 1. The van der Waals surface area contributed by atoms with Crippen LogP contribution < -0.4 is 10.0 Å². The summed E-state index contributed by atoms with van der Waals surface area (Å²) in [5, 5.41) is 3.18. The van der Waals surface area contributed by atoms with Gasteiger partial charge in [0.15, 0.2) is 0 Å². The van der Waals surface area contributed by atoms with Crippen LogP contribution in [0, 0.1) is 6.92 Å². The van der Waals surface area contributed by atoms with Crippen molar-refractivity contribution in [2.45, 2.75) is 13.3 Å². The number of aryl methyl sites for hydroxylation is 1. The summed E-state index contributed by atoms with van der Waals surface area (Å²) in [6.45, 7) is 2.94. The van der Waals surface area contributed by atoms with E-state index in [2.05, 4.69) is 20.0 Å². The minimum Gasteiger partial charge on any atom is -0.369 e. The van der Waals surface area contributed by atoms with Crippen LogP contribution in [0.1, 0.15) is 12.1 Å². The summed E-state index contributed by atoms with van der Waals surface area (Å²) in [7, 11) is -3.11. The van der Waals surface area contributed by atoms with Gasteiger partial charge < -0.3 is 5.32 Å². The molecule has 0 saturated heterocycles. The Balaban J connectivity index is 1.94. The van der Waals surface area contributed by atoms with Gasteiger partial charge in [-0.05, 0) is 25.5 Å². The molecule has 0 aliphatic heterocycles. The second-order valence-electron chi connectivity index (χ2n) is 4.59. The maximum Gasteiger partial charge on any atom is 0.208 e. The van der Waals surface area contributed by atoms with Gasteiger partial charge in [-0.25, -0.2) is 23.1 Å². The van der Waals surface area contributed by atoms with Gasteiger partial charge >= 0.3 is 0 Å². The highest BCUT2D eigenvalue weighted by molar-refractivity contribution is 7.88. The number of nitrogens with one attached hydrogen (secondary N) is 2. The van der Waals surface area contributed by atoms with Crippen molar-refractivity contribution < 1.29 is 8.42 Å². The van der Waals surface area contributed by atoms with E-state index in [0.717, 1.165) is 28.8 Å². The van der Waals surface area contributed by atoms with Crippen molar-refractivity contribution in [1.29, 1.82) is 0 Å². The van der Waals surface area contributed by atoms with Crippen molar-refractivity contribution in [3.05, 3.63) is 30.0 Å². The maximum absolute atomic E-state index is 10.9. The van der Waals surface area contributed by atoms with Gasteiger partial charge in [0.25, 0.3) is 0 Å². The Morgan fingerprint density at radius 2 is 1.75 bits per heavy atom. The van der Waals surface area contributed by atoms with Crippen molar-refractivity contribution in [3.63, 3.8) is 0 Å². The molecule has 20 heavy (non-hydrogen) atoms. The highest BCUT2D eigenvalue weighted by Crippen LogP contribution is 2.15. The molecule has 0 saturated carbocycles. The van der Waals surface area contributed by atoms with Crippen LogP contribution >= 0.6 is 0 Å². The van der Waals surface area contributed by atoms with E-state index in [1.54, 1.807) is 0 Å². The van der Waals surface area contributed by atoms with Crippen molar-refractivity contribution in [3.8, 4) is 0 Å². The summed E-state index contributed by atoms with van der Waals surface area (Å²) in [5.41, 5.74) is 2.55. The first-order valence-corrected chi connectivity index (χ1v) is 8.27. The van der Waals surface area contributed by atoms with Gasteiger partial charge in [0.1, 0.15) is 5.82 Å².